The zero-order valence-electron chi connectivity index (χ0n) is 41.1. The van der Waals surface area contributed by atoms with E-state index in [0.717, 1.165) is 27.8 Å². The minimum absolute atomic E-state index is 0.0144. The normalized spacial score (nSPS) is 23.6. The van der Waals surface area contributed by atoms with Crippen LogP contribution in [0.4, 0.5) is 0 Å². The number of esters is 3. The van der Waals surface area contributed by atoms with Crippen molar-refractivity contribution in [3.05, 3.63) is 215 Å². The summed E-state index contributed by atoms with van der Waals surface area (Å²) in [6, 6.07) is 56.1. The van der Waals surface area contributed by atoms with Gasteiger partial charge in [0.2, 0.25) is 0 Å². The molecule has 0 amide bonds. The summed E-state index contributed by atoms with van der Waals surface area (Å²) in [6.07, 6.45) is -11.1. The van der Waals surface area contributed by atoms with Crippen LogP contribution in [0.25, 0.3) is 0 Å². The fourth-order valence-electron chi connectivity index (χ4n) is 8.52. The highest BCUT2D eigenvalue weighted by atomic mass is 32.2. The van der Waals surface area contributed by atoms with Crippen molar-refractivity contribution in [1.29, 1.82) is 0 Å². The minimum Gasteiger partial charge on any atom is -0.462 e. The highest BCUT2D eigenvalue weighted by Crippen LogP contribution is 2.36. The van der Waals surface area contributed by atoms with E-state index in [1.165, 1.54) is 11.8 Å². The molecule has 0 spiro atoms. The maximum absolute atomic E-state index is 14.0. The van der Waals surface area contributed by atoms with Gasteiger partial charge in [0.25, 0.3) is 0 Å². The van der Waals surface area contributed by atoms with Crippen LogP contribution in [0.5, 0.6) is 0 Å². The molecular formula is C59H62O14S. The van der Waals surface area contributed by atoms with E-state index >= 15 is 0 Å². The second kappa shape index (κ2) is 28.4. The van der Waals surface area contributed by atoms with Crippen LogP contribution in [-0.2, 0) is 90.0 Å². The molecule has 0 saturated carbocycles. The third kappa shape index (κ3) is 15.9. The number of aliphatic hydroxyl groups is 1. The summed E-state index contributed by atoms with van der Waals surface area (Å²) in [5.74, 6) is -2.11. The van der Waals surface area contributed by atoms with Gasteiger partial charge in [-0.25, -0.2) is 4.79 Å². The van der Waals surface area contributed by atoms with Crippen molar-refractivity contribution in [2.75, 3.05) is 19.0 Å². The second-order valence-electron chi connectivity index (χ2n) is 17.7. The van der Waals surface area contributed by atoms with E-state index in [2.05, 4.69) is 0 Å². The Balaban J connectivity index is 1.01. The summed E-state index contributed by atoms with van der Waals surface area (Å²) in [5, 5.41) is 11.9. The molecule has 0 aliphatic carbocycles. The molecule has 14 nitrogen and oxygen atoms in total. The molecule has 1 N–H and O–H groups in total. The van der Waals surface area contributed by atoms with Gasteiger partial charge in [-0.2, -0.15) is 0 Å². The van der Waals surface area contributed by atoms with Gasteiger partial charge in [-0.1, -0.05) is 177 Å². The lowest BCUT2D eigenvalue weighted by Crippen LogP contribution is -2.62. The molecule has 2 saturated heterocycles. The van der Waals surface area contributed by atoms with E-state index in [4.69, 9.17) is 47.4 Å². The van der Waals surface area contributed by atoms with Gasteiger partial charge in [-0.05, 0) is 45.7 Å². The number of ether oxygens (including phenoxy) is 10. The molecular weight excluding hydrogens is 965 g/mol. The molecule has 0 radical (unpaired) electrons. The van der Waals surface area contributed by atoms with Crippen LogP contribution < -0.4 is 0 Å². The van der Waals surface area contributed by atoms with Crippen molar-refractivity contribution in [2.45, 2.75) is 107 Å². The number of hydrogen-bond acceptors (Lipinski definition) is 15. The lowest BCUT2D eigenvalue weighted by Gasteiger charge is -2.45. The standard InChI is InChI=1S/C59H62O14S/c1-2-74-59-56(68-37-44-27-15-6-16-28-44)54(67-36-43-25-13-5-14-26-43)52(66-35-42-23-11-4-12-24-42)48(71-59)40-65-49(60)33-50(61)72-53-51(62)47(39-64-34-41-21-9-3-10-22-41)70-58(69-38-45-29-17-7-18-30-45)55(53)73-57(63)46-31-19-8-20-32-46/h3-32,47-48,51-56,58-59,62H,2,33-40H2,1H3/t47-,48-,51+,52-,53+,54+,55-,56+,58+,59-/m1/s1. The summed E-state index contributed by atoms with van der Waals surface area (Å²) in [6.45, 7) is 2.44. The third-order valence-electron chi connectivity index (χ3n) is 12.3. The first kappa shape index (κ1) is 54.0. The van der Waals surface area contributed by atoms with Crippen LogP contribution in [0.2, 0.25) is 0 Å². The molecule has 0 aromatic heterocycles. The Kier molecular flexibility index (Phi) is 20.8. The van der Waals surface area contributed by atoms with E-state index in [1.807, 2.05) is 159 Å². The minimum atomic E-state index is -1.60. The Labute approximate surface area is 436 Å². The molecule has 388 valence electrons. The maximum atomic E-state index is 14.0. The summed E-state index contributed by atoms with van der Waals surface area (Å²) in [5.41, 5.74) is 4.10. The Morgan fingerprint density at radius 1 is 0.473 bits per heavy atom. The predicted octanol–water partition coefficient (Wildman–Crippen LogP) is 8.81. The first-order chi connectivity index (χ1) is 36.3. The molecule has 0 unspecified atom stereocenters. The van der Waals surface area contributed by atoms with Crippen LogP contribution in [0.3, 0.4) is 0 Å². The largest absolute Gasteiger partial charge is 0.462 e. The summed E-state index contributed by atoms with van der Waals surface area (Å²) < 4.78 is 63.2. The van der Waals surface area contributed by atoms with Gasteiger partial charge in [0, 0.05) is 0 Å². The first-order valence-corrected chi connectivity index (χ1v) is 25.8. The average Bonchev–Trinajstić information content (AvgIpc) is 3.44. The van der Waals surface area contributed by atoms with Gasteiger partial charge in [0.1, 0.15) is 55.1 Å². The Bertz CT molecular complexity index is 2580. The molecule has 6 aromatic rings. The number of aliphatic hydroxyl groups excluding tert-OH is 1. The topological polar surface area (TPSA) is 164 Å². The van der Waals surface area contributed by atoms with Crippen LogP contribution in [-0.4, -0.2) is 103 Å². The third-order valence-corrected chi connectivity index (χ3v) is 13.3. The number of carbonyl (C=O) groups excluding carboxylic acids is 3. The summed E-state index contributed by atoms with van der Waals surface area (Å²) in [7, 11) is 0. The van der Waals surface area contributed by atoms with Crippen molar-refractivity contribution in [3.63, 3.8) is 0 Å². The number of thioether (sulfide) groups is 1. The van der Waals surface area contributed by atoms with E-state index in [9.17, 15) is 19.5 Å². The van der Waals surface area contributed by atoms with E-state index < -0.39 is 84.9 Å². The monoisotopic (exact) mass is 1030 g/mol. The van der Waals surface area contributed by atoms with E-state index in [1.54, 1.807) is 30.3 Å². The zero-order valence-corrected chi connectivity index (χ0v) is 41.9. The smallest absolute Gasteiger partial charge is 0.338 e. The molecule has 2 fully saturated rings. The molecule has 0 bridgehead atoms. The highest BCUT2D eigenvalue weighted by molar-refractivity contribution is 7.99. The van der Waals surface area contributed by atoms with Crippen LogP contribution >= 0.6 is 11.8 Å². The van der Waals surface area contributed by atoms with Crippen molar-refractivity contribution in [1.82, 2.24) is 0 Å². The Morgan fingerprint density at radius 3 is 1.45 bits per heavy atom. The number of rotatable bonds is 25. The van der Waals surface area contributed by atoms with Crippen molar-refractivity contribution < 1.29 is 66.9 Å². The highest BCUT2D eigenvalue weighted by Gasteiger charge is 2.52. The van der Waals surface area contributed by atoms with Crippen LogP contribution in [0, 0.1) is 0 Å². The van der Waals surface area contributed by atoms with Crippen LogP contribution in [0.1, 0.15) is 51.5 Å². The Hall–Kier alpha value is -6.24. The molecule has 6 aromatic carbocycles. The van der Waals surface area contributed by atoms with Gasteiger partial charge in [0.05, 0.1) is 45.2 Å². The van der Waals surface area contributed by atoms with Gasteiger partial charge in [-0.15, -0.1) is 11.8 Å². The van der Waals surface area contributed by atoms with Crippen molar-refractivity contribution in [3.8, 4) is 0 Å². The quantitative estimate of drug-likeness (QED) is 0.0329. The lowest BCUT2D eigenvalue weighted by molar-refractivity contribution is -0.307. The Morgan fingerprint density at radius 2 is 0.932 bits per heavy atom. The predicted molar refractivity (Wildman–Crippen MR) is 275 cm³/mol. The van der Waals surface area contributed by atoms with Gasteiger partial charge in [0.15, 0.2) is 18.5 Å². The molecule has 2 aliphatic rings. The number of hydrogen-bond donors (Lipinski definition) is 1. The summed E-state index contributed by atoms with van der Waals surface area (Å²) >= 11 is 1.53. The molecule has 2 heterocycles. The van der Waals surface area contributed by atoms with E-state index in [0.29, 0.717) is 5.75 Å². The van der Waals surface area contributed by atoms with Gasteiger partial charge >= 0.3 is 17.9 Å². The fraction of sp³-hybridized carbons (Fsp3) is 0.339. The molecule has 15 heteroatoms. The maximum Gasteiger partial charge on any atom is 0.338 e. The molecule has 74 heavy (non-hydrogen) atoms. The molecule has 10 atom stereocenters. The second-order valence-corrected chi connectivity index (χ2v) is 19.0. The summed E-state index contributed by atoms with van der Waals surface area (Å²) in [4.78, 5) is 41.5. The number of benzene rings is 6. The average molecular weight is 1030 g/mol. The zero-order chi connectivity index (χ0) is 51.3. The number of carbonyl (C=O) groups is 3. The first-order valence-electron chi connectivity index (χ1n) is 24.8. The molecule has 8 rings (SSSR count). The molecule has 2 aliphatic heterocycles. The SMILES string of the molecule is CCS[C@H]1O[C@H](COC(=O)CC(=O)O[C@H]2[C@@H](O)[C@@H](COCc3ccccc3)O[C@H](OCc3ccccc3)[C@@H]2OC(=O)c2ccccc2)[C@@H](OCc2ccccc2)[C@H](OCc2ccccc2)[C@@H]1OCc1ccccc1. The van der Waals surface area contributed by atoms with E-state index in [-0.39, 0.29) is 51.8 Å². The van der Waals surface area contributed by atoms with Gasteiger partial charge < -0.3 is 52.5 Å². The lowest BCUT2D eigenvalue weighted by atomic mass is 9.98. The van der Waals surface area contributed by atoms with Crippen molar-refractivity contribution in [2.24, 2.45) is 0 Å². The van der Waals surface area contributed by atoms with Crippen LogP contribution in [0.15, 0.2) is 182 Å². The fourth-order valence-corrected chi connectivity index (χ4v) is 9.50. The van der Waals surface area contributed by atoms with Crippen molar-refractivity contribution >= 4 is 29.7 Å². The van der Waals surface area contributed by atoms with Gasteiger partial charge in [-0.3, -0.25) is 9.59 Å².